The van der Waals surface area contributed by atoms with Crippen molar-refractivity contribution in [3.05, 3.63) is 18.0 Å². The molecule has 1 fully saturated rings. The molecule has 1 saturated heterocycles. The van der Waals surface area contributed by atoms with Crippen molar-refractivity contribution in [3.63, 3.8) is 0 Å². The minimum atomic E-state index is -2.65. The van der Waals surface area contributed by atoms with Crippen LogP contribution in [0, 0.1) is 0 Å². The molecule has 14 heavy (non-hydrogen) atoms. The largest absolute Gasteiger partial charge is 0.305 e. The second-order valence-electron chi connectivity index (χ2n) is 3.70. The van der Waals surface area contributed by atoms with Crippen LogP contribution >= 0.6 is 0 Å². The maximum Gasteiger partial charge on any atom is 0.267 e. The second kappa shape index (κ2) is 3.31. The predicted octanol–water partition coefficient (Wildman–Crippen LogP) is 1.48. The van der Waals surface area contributed by atoms with E-state index in [1.54, 1.807) is 17.9 Å². The number of nitrogens with one attached hydrogen (secondary N) is 1. The van der Waals surface area contributed by atoms with E-state index in [4.69, 9.17) is 0 Å². The molecule has 0 saturated carbocycles. The van der Waals surface area contributed by atoms with E-state index in [9.17, 15) is 8.78 Å². The Morgan fingerprint density at radius 1 is 1.64 bits per heavy atom. The van der Waals surface area contributed by atoms with Gasteiger partial charge in [0.1, 0.15) is 0 Å². The van der Waals surface area contributed by atoms with Crippen molar-refractivity contribution in [3.8, 4) is 0 Å². The third-order valence-corrected chi connectivity index (χ3v) is 2.52. The van der Waals surface area contributed by atoms with Crippen LogP contribution in [0.15, 0.2) is 12.4 Å². The molecule has 78 valence electrons. The minimum Gasteiger partial charge on any atom is -0.305 e. The third kappa shape index (κ3) is 1.64. The van der Waals surface area contributed by atoms with E-state index in [0.29, 0.717) is 18.5 Å². The molecule has 1 aliphatic rings. The van der Waals surface area contributed by atoms with Crippen LogP contribution in [0.2, 0.25) is 0 Å². The average Bonchev–Trinajstić information content (AvgIpc) is 2.51. The number of piperidine rings is 1. The zero-order chi connectivity index (χ0) is 10.2. The number of aromatic nitrogens is 2. The first-order chi connectivity index (χ1) is 6.59. The molecule has 2 rings (SSSR count). The number of hydrogen-bond acceptors (Lipinski definition) is 2. The molecule has 0 bridgehead atoms. The summed E-state index contributed by atoms with van der Waals surface area (Å²) in [4.78, 5) is 0. The standard InChI is InChI=1S/C9H13F2N3/c1-14-6-7(5-13-14)8-9(10,11)3-2-4-12-8/h5-6,8,12H,2-4H2,1H3. The molecule has 1 aromatic heterocycles. The molecule has 0 aliphatic carbocycles. The molecule has 1 atom stereocenters. The predicted molar refractivity (Wildman–Crippen MR) is 48.1 cm³/mol. The molecule has 1 N–H and O–H groups in total. The molecule has 0 amide bonds. The Hall–Kier alpha value is -0.970. The van der Waals surface area contributed by atoms with E-state index in [1.807, 2.05) is 0 Å². The van der Waals surface area contributed by atoms with E-state index in [0.717, 1.165) is 0 Å². The monoisotopic (exact) mass is 201 g/mol. The second-order valence-corrected chi connectivity index (χ2v) is 3.70. The van der Waals surface area contributed by atoms with Gasteiger partial charge in [-0.05, 0) is 13.0 Å². The third-order valence-electron chi connectivity index (χ3n) is 2.52. The van der Waals surface area contributed by atoms with Gasteiger partial charge >= 0.3 is 0 Å². The molecular formula is C9H13F2N3. The smallest absolute Gasteiger partial charge is 0.267 e. The van der Waals surface area contributed by atoms with Gasteiger partial charge < -0.3 is 5.32 Å². The number of rotatable bonds is 1. The molecule has 5 heteroatoms. The first kappa shape index (κ1) is 9.58. The number of nitrogens with zero attached hydrogens (tertiary/aromatic N) is 2. The van der Waals surface area contributed by atoms with Crippen LogP contribution < -0.4 is 5.32 Å². The lowest BCUT2D eigenvalue weighted by molar-refractivity contribution is -0.0620. The molecule has 0 spiro atoms. The highest BCUT2D eigenvalue weighted by molar-refractivity contribution is 5.15. The highest BCUT2D eigenvalue weighted by atomic mass is 19.3. The van der Waals surface area contributed by atoms with E-state index >= 15 is 0 Å². The van der Waals surface area contributed by atoms with Crippen LogP contribution in [0.25, 0.3) is 0 Å². The Kier molecular flexibility index (Phi) is 2.26. The summed E-state index contributed by atoms with van der Waals surface area (Å²) in [6, 6.07) is -0.870. The normalized spacial score (nSPS) is 26.4. The molecule has 1 aliphatic heterocycles. The van der Waals surface area contributed by atoms with Gasteiger partial charge in [0.15, 0.2) is 0 Å². The van der Waals surface area contributed by atoms with Crippen LogP contribution in [-0.4, -0.2) is 22.2 Å². The van der Waals surface area contributed by atoms with Crippen LogP contribution in [0.3, 0.4) is 0 Å². The lowest BCUT2D eigenvalue weighted by Gasteiger charge is -2.31. The topological polar surface area (TPSA) is 29.9 Å². The van der Waals surface area contributed by atoms with Gasteiger partial charge in [-0.1, -0.05) is 0 Å². The fourth-order valence-corrected chi connectivity index (χ4v) is 1.82. The number of halogens is 2. The minimum absolute atomic E-state index is 0.0421. The van der Waals surface area contributed by atoms with Gasteiger partial charge in [-0.15, -0.1) is 0 Å². The lowest BCUT2D eigenvalue weighted by Crippen LogP contribution is -2.42. The van der Waals surface area contributed by atoms with Gasteiger partial charge in [0.25, 0.3) is 5.92 Å². The number of alkyl halides is 2. The molecule has 1 aromatic rings. The molecule has 3 nitrogen and oxygen atoms in total. The Morgan fingerprint density at radius 3 is 3.00 bits per heavy atom. The first-order valence-corrected chi connectivity index (χ1v) is 4.69. The Bertz CT molecular complexity index is 322. The Balaban J connectivity index is 2.23. The quantitative estimate of drug-likeness (QED) is 0.745. The summed E-state index contributed by atoms with van der Waals surface area (Å²) >= 11 is 0. The maximum absolute atomic E-state index is 13.5. The molecule has 0 aromatic carbocycles. The average molecular weight is 201 g/mol. The zero-order valence-electron chi connectivity index (χ0n) is 8.00. The van der Waals surface area contributed by atoms with Gasteiger partial charge in [0.05, 0.1) is 12.2 Å². The molecule has 2 heterocycles. The fraction of sp³-hybridized carbons (Fsp3) is 0.667. The van der Waals surface area contributed by atoms with Crippen molar-refractivity contribution in [1.82, 2.24) is 15.1 Å². The number of aryl methyl sites for hydroxylation is 1. The van der Waals surface area contributed by atoms with Gasteiger partial charge in [-0.3, -0.25) is 4.68 Å². The summed E-state index contributed by atoms with van der Waals surface area (Å²) in [5.41, 5.74) is 0.567. The Labute approximate surface area is 81.1 Å². The lowest BCUT2D eigenvalue weighted by atomic mass is 9.96. The number of hydrogen-bond donors (Lipinski definition) is 1. The van der Waals surface area contributed by atoms with Gasteiger partial charge in [0.2, 0.25) is 0 Å². The molecular weight excluding hydrogens is 188 g/mol. The van der Waals surface area contributed by atoms with Crippen molar-refractivity contribution in [1.29, 1.82) is 0 Å². The SMILES string of the molecule is Cn1cc(C2NCCCC2(F)F)cn1. The first-order valence-electron chi connectivity index (χ1n) is 4.69. The summed E-state index contributed by atoms with van der Waals surface area (Å²) < 4.78 is 28.5. The van der Waals surface area contributed by atoms with Crippen LogP contribution in [0.1, 0.15) is 24.4 Å². The van der Waals surface area contributed by atoms with Crippen molar-refractivity contribution in [2.24, 2.45) is 7.05 Å². The summed E-state index contributed by atoms with van der Waals surface area (Å²) in [5, 5.41) is 6.74. The van der Waals surface area contributed by atoms with E-state index in [1.165, 1.54) is 6.20 Å². The van der Waals surface area contributed by atoms with Crippen molar-refractivity contribution in [2.45, 2.75) is 24.8 Å². The van der Waals surface area contributed by atoms with Gasteiger partial charge in [-0.25, -0.2) is 8.78 Å². The highest BCUT2D eigenvalue weighted by Crippen LogP contribution is 2.37. The molecule has 0 radical (unpaired) electrons. The summed E-state index contributed by atoms with van der Waals surface area (Å²) in [6.07, 6.45) is 3.62. The summed E-state index contributed by atoms with van der Waals surface area (Å²) in [5.74, 6) is -2.65. The van der Waals surface area contributed by atoms with Gasteiger partial charge in [-0.2, -0.15) is 5.10 Å². The summed E-state index contributed by atoms with van der Waals surface area (Å²) in [7, 11) is 1.73. The maximum atomic E-state index is 13.5. The van der Waals surface area contributed by atoms with Crippen LogP contribution in [0.4, 0.5) is 8.78 Å². The van der Waals surface area contributed by atoms with Crippen LogP contribution in [0.5, 0.6) is 0 Å². The highest BCUT2D eigenvalue weighted by Gasteiger charge is 2.42. The van der Waals surface area contributed by atoms with Gasteiger partial charge in [0, 0.05) is 25.2 Å². The fourth-order valence-electron chi connectivity index (χ4n) is 1.82. The van der Waals surface area contributed by atoms with Crippen molar-refractivity contribution >= 4 is 0 Å². The van der Waals surface area contributed by atoms with Crippen LogP contribution in [-0.2, 0) is 7.05 Å². The van der Waals surface area contributed by atoms with E-state index in [-0.39, 0.29) is 6.42 Å². The summed E-state index contributed by atoms with van der Waals surface area (Å²) in [6.45, 7) is 0.648. The van der Waals surface area contributed by atoms with Crippen molar-refractivity contribution in [2.75, 3.05) is 6.54 Å². The zero-order valence-corrected chi connectivity index (χ0v) is 8.00. The van der Waals surface area contributed by atoms with E-state index in [2.05, 4.69) is 10.4 Å². The molecule has 1 unspecified atom stereocenters. The Morgan fingerprint density at radius 2 is 2.43 bits per heavy atom. The van der Waals surface area contributed by atoms with Crippen molar-refractivity contribution < 1.29 is 8.78 Å². The van der Waals surface area contributed by atoms with E-state index < -0.39 is 12.0 Å².